The number of aromatic nitrogens is 1. The number of nitrogens with zero attached hydrogens (tertiary/aromatic N) is 1. The van der Waals surface area contributed by atoms with Gasteiger partial charge in [-0.2, -0.15) is 0 Å². The van der Waals surface area contributed by atoms with Gasteiger partial charge in [0.25, 0.3) is 0 Å². The van der Waals surface area contributed by atoms with E-state index in [4.69, 9.17) is 0 Å². The summed E-state index contributed by atoms with van der Waals surface area (Å²) in [6.45, 7) is 1.90. The van der Waals surface area contributed by atoms with E-state index in [2.05, 4.69) is 25.6 Å². The molecule has 106 valence electrons. The van der Waals surface area contributed by atoms with Crippen molar-refractivity contribution < 1.29 is 8.42 Å². The van der Waals surface area contributed by atoms with Crippen LogP contribution in [0.4, 0.5) is 5.69 Å². The Hall–Kier alpha value is -1.40. The molecule has 6 heteroatoms. The molecule has 1 N–H and O–H groups in total. The van der Waals surface area contributed by atoms with E-state index in [1.807, 2.05) is 37.3 Å². The number of halogens is 1. The maximum atomic E-state index is 12.2. The van der Waals surface area contributed by atoms with Gasteiger partial charge in [0.2, 0.25) is 10.0 Å². The molecule has 2 aromatic rings. The summed E-state index contributed by atoms with van der Waals surface area (Å²) in [6, 6.07) is 12.9. The van der Waals surface area contributed by atoms with Crippen LogP contribution in [0.3, 0.4) is 0 Å². The maximum absolute atomic E-state index is 12.2. The van der Waals surface area contributed by atoms with Crippen molar-refractivity contribution in [2.75, 3.05) is 10.5 Å². The molecule has 0 saturated carbocycles. The Bertz CT molecular complexity index is 675. The van der Waals surface area contributed by atoms with Gasteiger partial charge in [-0.3, -0.25) is 4.72 Å². The maximum Gasteiger partial charge on any atom is 0.233 e. The number of rotatable bonds is 5. The molecule has 1 aromatic heterocycles. The van der Waals surface area contributed by atoms with E-state index in [1.54, 1.807) is 18.3 Å². The SMILES string of the molecule is CC(CS(=O)(=O)Nc1cccnc1Br)c1ccccc1. The summed E-state index contributed by atoms with van der Waals surface area (Å²) in [5.41, 5.74) is 1.45. The second kappa shape index (κ2) is 6.37. The molecule has 0 spiro atoms. The third-order valence-corrected chi connectivity index (χ3v) is 4.96. The standard InChI is InChI=1S/C14H15BrN2O2S/c1-11(12-6-3-2-4-7-12)10-20(18,19)17-13-8-5-9-16-14(13)15/h2-9,11,17H,10H2,1H3. The molecule has 0 aliphatic heterocycles. The minimum Gasteiger partial charge on any atom is -0.281 e. The van der Waals surface area contributed by atoms with E-state index >= 15 is 0 Å². The van der Waals surface area contributed by atoms with Crippen LogP contribution in [0, 0.1) is 0 Å². The quantitative estimate of drug-likeness (QED) is 0.837. The zero-order valence-electron chi connectivity index (χ0n) is 11.0. The molecule has 0 bridgehead atoms. The Morgan fingerprint density at radius 3 is 2.55 bits per heavy atom. The van der Waals surface area contributed by atoms with Crippen LogP contribution in [0.1, 0.15) is 18.4 Å². The highest BCUT2D eigenvalue weighted by molar-refractivity contribution is 9.10. The molecule has 1 atom stereocenters. The summed E-state index contributed by atoms with van der Waals surface area (Å²) < 4.78 is 27.4. The van der Waals surface area contributed by atoms with Gasteiger partial charge < -0.3 is 0 Å². The van der Waals surface area contributed by atoms with E-state index < -0.39 is 10.0 Å². The molecule has 4 nitrogen and oxygen atoms in total. The fourth-order valence-corrected chi connectivity index (χ4v) is 3.79. The third kappa shape index (κ3) is 4.05. The number of hydrogen-bond donors (Lipinski definition) is 1. The number of hydrogen-bond acceptors (Lipinski definition) is 3. The van der Waals surface area contributed by atoms with Crippen LogP contribution in [0.25, 0.3) is 0 Å². The third-order valence-electron chi connectivity index (χ3n) is 2.86. The van der Waals surface area contributed by atoms with Gasteiger partial charge >= 0.3 is 0 Å². The average Bonchev–Trinajstić information content (AvgIpc) is 2.41. The van der Waals surface area contributed by atoms with Gasteiger partial charge in [-0.1, -0.05) is 37.3 Å². The highest BCUT2D eigenvalue weighted by Gasteiger charge is 2.18. The summed E-state index contributed by atoms with van der Waals surface area (Å²) in [5.74, 6) is -0.0534. The number of nitrogens with one attached hydrogen (secondary N) is 1. The Morgan fingerprint density at radius 1 is 1.20 bits per heavy atom. The van der Waals surface area contributed by atoms with Gasteiger partial charge in [-0.15, -0.1) is 0 Å². The molecule has 0 amide bonds. The first-order chi connectivity index (χ1) is 9.48. The number of benzene rings is 1. The van der Waals surface area contributed by atoms with Crippen molar-refractivity contribution in [2.24, 2.45) is 0 Å². The first-order valence-corrected chi connectivity index (χ1v) is 8.58. The molecule has 2 rings (SSSR count). The molecular formula is C14H15BrN2O2S. The monoisotopic (exact) mass is 354 g/mol. The Morgan fingerprint density at radius 2 is 1.90 bits per heavy atom. The predicted octanol–water partition coefficient (Wildman–Crippen LogP) is 3.39. The first-order valence-electron chi connectivity index (χ1n) is 6.14. The zero-order valence-corrected chi connectivity index (χ0v) is 13.4. The lowest BCUT2D eigenvalue weighted by Crippen LogP contribution is -2.20. The smallest absolute Gasteiger partial charge is 0.233 e. The van der Waals surface area contributed by atoms with Crippen molar-refractivity contribution in [3.63, 3.8) is 0 Å². The van der Waals surface area contributed by atoms with E-state index in [9.17, 15) is 8.42 Å². The normalized spacial score (nSPS) is 12.9. The first kappa shape index (κ1) is 15.0. The minimum absolute atomic E-state index is 0.0261. The highest BCUT2D eigenvalue weighted by Crippen LogP contribution is 2.22. The van der Waals surface area contributed by atoms with Gasteiger partial charge in [0.05, 0.1) is 11.4 Å². The molecule has 0 aliphatic rings. The minimum atomic E-state index is -3.42. The molecule has 1 aromatic carbocycles. The van der Waals surface area contributed by atoms with Crippen molar-refractivity contribution >= 4 is 31.6 Å². The highest BCUT2D eigenvalue weighted by atomic mass is 79.9. The van der Waals surface area contributed by atoms with Crippen molar-refractivity contribution in [3.8, 4) is 0 Å². The fraction of sp³-hybridized carbons (Fsp3) is 0.214. The molecule has 0 saturated heterocycles. The number of sulfonamides is 1. The Kier molecular flexibility index (Phi) is 4.77. The summed E-state index contributed by atoms with van der Waals surface area (Å²) in [6.07, 6.45) is 1.59. The second-order valence-electron chi connectivity index (χ2n) is 4.54. The Balaban J connectivity index is 2.10. The summed E-state index contributed by atoms with van der Waals surface area (Å²) in [7, 11) is -3.42. The lowest BCUT2D eigenvalue weighted by atomic mass is 10.0. The summed E-state index contributed by atoms with van der Waals surface area (Å²) in [4.78, 5) is 3.99. The molecule has 1 unspecified atom stereocenters. The summed E-state index contributed by atoms with van der Waals surface area (Å²) in [5, 5.41) is 0. The van der Waals surface area contributed by atoms with E-state index in [0.29, 0.717) is 10.3 Å². The van der Waals surface area contributed by atoms with Gasteiger partial charge in [-0.25, -0.2) is 13.4 Å². The average molecular weight is 355 g/mol. The summed E-state index contributed by atoms with van der Waals surface area (Å²) >= 11 is 3.22. The molecule has 0 radical (unpaired) electrons. The van der Waals surface area contributed by atoms with Gasteiger partial charge in [0.1, 0.15) is 4.60 Å². The predicted molar refractivity (Wildman–Crippen MR) is 84.2 cm³/mol. The van der Waals surface area contributed by atoms with Crippen LogP contribution in [0.5, 0.6) is 0 Å². The van der Waals surface area contributed by atoms with Crippen molar-refractivity contribution in [2.45, 2.75) is 12.8 Å². The fourth-order valence-electron chi connectivity index (χ4n) is 1.88. The van der Waals surface area contributed by atoms with Crippen molar-refractivity contribution in [3.05, 3.63) is 58.8 Å². The number of pyridine rings is 1. The molecule has 0 aliphatic carbocycles. The van der Waals surface area contributed by atoms with Crippen molar-refractivity contribution in [1.29, 1.82) is 0 Å². The molecule has 0 fully saturated rings. The number of anilines is 1. The van der Waals surface area contributed by atoms with Crippen LogP contribution < -0.4 is 4.72 Å². The van der Waals surface area contributed by atoms with Crippen molar-refractivity contribution in [1.82, 2.24) is 4.98 Å². The molecule has 20 heavy (non-hydrogen) atoms. The topological polar surface area (TPSA) is 59.1 Å². The van der Waals surface area contributed by atoms with Gasteiger partial charge in [-0.05, 0) is 39.5 Å². The molecule has 1 heterocycles. The molecular weight excluding hydrogens is 340 g/mol. The van der Waals surface area contributed by atoms with E-state index in [0.717, 1.165) is 5.56 Å². The largest absolute Gasteiger partial charge is 0.281 e. The van der Waals surface area contributed by atoms with Gasteiger partial charge in [0.15, 0.2) is 0 Å². The van der Waals surface area contributed by atoms with Crippen LogP contribution in [0.2, 0.25) is 0 Å². The van der Waals surface area contributed by atoms with E-state index in [-0.39, 0.29) is 11.7 Å². The second-order valence-corrected chi connectivity index (χ2v) is 7.06. The van der Waals surface area contributed by atoms with Crippen LogP contribution in [-0.4, -0.2) is 19.2 Å². The zero-order chi connectivity index (χ0) is 14.6. The lowest BCUT2D eigenvalue weighted by molar-refractivity contribution is 0.595. The van der Waals surface area contributed by atoms with E-state index in [1.165, 1.54) is 0 Å². The van der Waals surface area contributed by atoms with Gasteiger partial charge in [0, 0.05) is 6.20 Å². The Labute approximate surface area is 127 Å². The lowest BCUT2D eigenvalue weighted by Gasteiger charge is -2.14. The van der Waals surface area contributed by atoms with Crippen LogP contribution in [0.15, 0.2) is 53.3 Å². The van der Waals surface area contributed by atoms with Crippen LogP contribution >= 0.6 is 15.9 Å². The van der Waals surface area contributed by atoms with Crippen LogP contribution in [-0.2, 0) is 10.0 Å².